The van der Waals surface area contributed by atoms with E-state index in [9.17, 15) is 9.59 Å². The number of esters is 1. The fourth-order valence-corrected chi connectivity index (χ4v) is 0.810. The van der Waals surface area contributed by atoms with Crippen LogP contribution in [0.25, 0.3) is 0 Å². The molecule has 1 aromatic heterocycles. The van der Waals surface area contributed by atoms with Crippen molar-refractivity contribution in [2.45, 2.75) is 27.4 Å². The van der Waals surface area contributed by atoms with Crippen molar-refractivity contribution in [1.29, 1.82) is 0 Å². The molecule has 78 valence electrons. The molecule has 1 rings (SSSR count). The van der Waals surface area contributed by atoms with E-state index in [2.05, 4.69) is 8.83 Å². The fourth-order valence-electron chi connectivity index (χ4n) is 0.810. The number of hydrogen-bond donors (Lipinski definition) is 0. The fraction of sp³-hybridized carbons (Fsp3) is 0.556. The second-order valence-corrected chi connectivity index (χ2v) is 3.20. The van der Waals surface area contributed by atoms with Gasteiger partial charge in [0.05, 0.1) is 5.92 Å². The van der Waals surface area contributed by atoms with Crippen molar-refractivity contribution in [3.8, 4) is 0 Å². The first-order valence-electron chi connectivity index (χ1n) is 4.26. The summed E-state index contributed by atoms with van der Waals surface area (Å²) in [4.78, 5) is 21.7. The number of carbonyl (C=O) groups is 1. The van der Waals surface area contributed by atoms with Crippen LogP contribution in [0.5, 0.6) is 0 Å². The normalized spacial score (nSPS) is 10.6. The summed E-state index contributed by atoms with van der Waals surface area (Å²) in [6.07, 6.45) is 0. The highest BCUT2D eigenvalue weighted by molar-refractivity contribution is 5.71. The molecule has 0 aliphatic heterocycles. The summed E-state index contributed by atoms with van der Waals surface area (Å²) in [5.41, 5.74) is 0. The summed E-state index contributed by atoms with van der Waals surface area (Å²) in [6, 6.07) is 0. The molecular weight excluding hydrogens is 188 g/mol. The van der Waals surface area contributed by atoms with Crippen LogP contribution in [-0.2, 0) is 16.1 Å². The lowest BCUT2D eigenvalue weighted by atomic mass is 10.2. The molecular formula is C9H12O5. The Hall–Kier alpha value is -1.52. The van der Waals surface area contributed by atoms with Crippen LogP contribution < -0.4 is 5.82 Å². The van der Waals surface area contributed by atoms with Crippen LogP contribution in [0.4, 0.5) is 0 Å². The summed E-state index contributed by atoms with van der Waals surface area (Å²) < 4.78 is 14.1. The van der Waals surface area contributed by atoms with E-state index in [1.165, 1.54) is 0 Å². The largest absolute Gasteiger partial charge is 0.519 e. The number of aryl methyl sites for hydroxylation is 1. The molecule has 0 saturated carbocycles. The lowest BCUT2D eigenvalue weighted by molar-refractivity contribution is -0.149. The SMILES string of the molecule is Cc1oc(=O)oc1COC(=O)C(C)C. The zero-order chi connectivity index (χ0) is 10.7. The first-order valence-corrected chi connectivity index (χ1v) is 4.26. The summed E-state index contributed by atoms with van der Waals surface area (Å²) in [6.45, 7) is 4.96. The minimum absolute atomic E-state index is 0.0609. The average Bonchev–Trinajstić information content (AvgIpc) is 2.40. The maximum absolute atomic E-state index is 11.1. The van der Waals surface area contributed by atoms with Crippen molar-refractivity contribution in [2.75, 3.05) is 0 Å². The molecule has 5 nitrogen and oxygen atoms in total. The molecule has 0 unspecified atom stereocenters. The third kappa shape index (κ3) is 2.48. The summed E-state index contributed by atoms with van der Waals surface area (Å²) in [5, 5.41) is 0. The second kappa shape index (κ2) is 4.13. The molecule has 1 aromatic rings. The molecule has 0 radical (unpaired) electrons. The van der Waals surface area contributed by atoms with Gasteiger partial charge in [-0.25, -0.2) is 4.79 Å². The Labute approximate surface area is 80.7 Å². The number of rotatable bonds is 3. The van der Waals surface area contributed by atoms with Crippen molar-refractivity contribution >= 4 is 5.97 Å². The average molecular weight is 200 g/mol. The first-order chi connectivity index (χ1) is 6.50. The van der Waals surface area contributed by atoms with E-state index < -0.39 is 5.82 Å². The van der Waals surface area contributed by atoms with Gasteiger partial charge >= 0.3 is 11.8 Å². The van der Waals surface area contributed by atoms with Gasteiger partial charge in [-0.1, -0.05) is 13.8 Å². The van der Waals surface area contributed by atoms with E-state index in [-0.39, 0.29) is 24.3 Å². The lowest BCUT2D eigenvalue weighted by Gasteiger charge is -2.04. The third-order valence-corrected chi connectivity index (χ3v) is 1.65. The minimum atomic E-state index is -0.780. The molecule has 0 fully saturated rings. The molecule has 14 heavy (non-hydrogen) atoms. The van der Waals surface area contributed by atoms with Gasteiger partial charge in [-0.3, -0.25) is 4.79 Å². The van der Waals surface area contributed by atoms with Gasteiger partial charge in [0, 0.05) is 0 Å². The minimum Gasteiger partial charge on any atom is -0.457 e. The molecule has 0 N–H and O–H groups in total. The molecule has 5 heteroatoms. The van der Waals surface area contributed by atoms with Crippen molar-refractivity contribution in [3.63, 3.8) is 0 Å². The number of hydrogen-bond acceptors (Lipinski definition) is 5. The van der Waals surface area contributed by atoms with Crippen molar-refractivity contribution in [1.82, 2.24) is 0 Å². The summed E-state index contributed by atoms with van der Waals surface area (Å²) >= 11 is 0. The zero-order valence-electron chi connectivity index (χ0n) is 8.33. The smallest absolute Gasteiger partial charge is 0.457 e. The van der Waals surface area contributed by atoms with Gasteiger partial charge in [0.25, 0.3) is 0 Å². The molecule has 1 heterocycles. The van der Waals surface area contributed by atoms with E-state index in [1.54, 1.807) is 20.8 Å². The highest BCUT2D eigenvalue weighted by Crippen LogP contribution is 2.07. The molecule has 0 aromatic carbocycles. The molecule has 0 bridgehead atoms. The standard InChI is InChI=1S/C9H12O5/c1-5(2)8(10)12-4-7-6(3)13-9(11)14-7/h5H,4H2,1-3H3. The second-order valence-electron chi connectivity index (χ2n) is 3.20. The van der Waals surface area contributed by atoms with Crippen LogP contribution in [0, 0.1) is 12.8 Å². The Balaban J connectivity index is 2.58. The third-order valence-electron chi connectivity index (χ3n) is 1.65. The van der Waals surface area contributed by atoms with Gasteiger partial charge in [0.2, 0.25) is 0 Å². The van der Waals surface area contributed by atoms with Crippen molar-refractivity contribution < 1.29 is 18.4 Å². The lowest BCUT2D eigenvalue weighted by Crippen LogP contribution is -2.11. The van der Waals surface area contributed by atoms with Crippen molar-refractivity contribution in [3.05, 3.63) is 22.1 Å². The Morgan fingerprint density at radius 1 is 1.43 bits per heavy atom. The number of carbonyl (C=O) groups excluding carboxylic acids is 1. The van der Waals surface area contributed by atoms with Gasteiger partial charge in [0.1, 0.15) is 0 Å². The number of ether oxygens (including phenoxy) is 1. The molecule has 0 saturated heterocycles. The van der Waals surface area contributed by atoms with Crippen LogP contribution in [0.2, 0.25) is 0 Å². The molecule has 0 atom stereocenters. The van der Waals surface area contributed by atoms with Gasteiger partial charge in [-0.2, -0.15) is 0 Å². The van der Waals surface area contributed by atoms with Gasteiger partial charge in [-0.05, 0) is 6.92 Å². The topological polar surface area (TPSA) is 69.7 Å². The predicted molar refractivity (Wildman–Crippen MR) is 46.6 cm³/mol. The Kier molecular flexibility index (Phi) is 3.11. The zero-order valence-corrected chi connectivity index (χ0v) is 8.33. The monoisotopic (exact) mass is 200 g/mol. The Bertz CT molecular complexity index is 371. The van der Waals surface area contributed by atoms with Crippen LogP contribution in [0.15, 0.2) is 13.6 Å². The van der Waals surface area contributed by atoms with Gasteiger partial charge in [0.15, 0.2) is 18.1 Å². The van der Waals surface area contributed by atoms with E-state index in [0.29, 0.717) is 5.76 Å². The molecule has 0 aliphatic carbocycles. The molecule has 0 aliphatic rings. The highest BCUT2D eigenvalue weighted by atomic mass is 16.6. The van der Waals surface area contributed by atoms with E-state index in [4.69, 9.17) is 4.74 Å². The maximum atomic E-state index is 11.1. The van der Waals surface area contributed by atoms with E-state index in [1.807, 2.05) is 0 Å². The van der Waals surface area contributed by atoms with Crippen LogP contribution in [-0.4, -0.2) is 5.97 Å². The van der Waals surface area contributed by atoms with Crippen LogP contribution in [0.3, 0.4) is 0 Å². The van der Waals surface area contributed by atoms with E-state index >= 15 is 0 Å². The van der Waals surface area contributed by atoms with Crippen LogP contribution in [0.1, 0.15) is 25.4 Å². The van der Waals surface area contributed by atoms with Crippen LogP contribution >= 0.6 is 0 Å². The quantitative estimate of drug-likeness (QED) is 0.686. The predicted octanol–water partition coefficient (Wildman–Crippen LogP) is 1.24. The molecule has 0 spiro atoms. The van der Waals surface area contributed by atoms with E-state index in [0.717, 1.165) is 0 Å². The first kappa shape index (κ1) is 10.6. The van der Waals surface area contributed by atoms with Gasteiger partial charge < -0.3 is 13.6 Å². The summed E-state index contributed by atoms with van der Waals surface area (Å²) in [5.74, 6) is -0.726. The molecule has 0 amide bonds. The Morgan fingerprint density at radius 2 is 2.07 bits per heavy atom. The summed E-state index contributed by atoms with van der Waals surface area (Å²) in [7, 11) is 0. The highest BCUT2D eigenvalue weighted by Gasteiger charge is 2.13. The van der Waals surface area contributed by atoms with Gasteiger partial charge in [-0.15, -0.1) is 0 Å². The maximum Gasteiger partial charge on any atom is 0.519 e. The van der Waals surface area contributed by atoms with Crippen molar-refractivity contribution in [2.24, 2.45) is 5.92 Å². The Morgan fingerprint density at radius 3 is 2.50 bits per heavy atom.